The van der Waals surface area contributed by atoms with Gasteiger partial charge in [-0.25, -0.2) is 9.18 Å². The molecule has 0 aromatic heterocycles. The van der Waals surface area contributed by atoms with Crippen LogP contribution < -0.4 is 0 Å². The molecule has 0 radical (unpaired) electrons. The van der Waals surface area contributed by atoms with E-state index in [2.05, 4.69) is 0 Å². The van der Waals surface area contributed by atoms with Crippen LogP contribution in [0.1, 0.15) is 12.0 Å². The van der Waals surface area contributed by atoms with Gasteiger partial charge < -0.3 is 14.7 Å². The first-order valence-corrected chi connectivity index (χ1v) is 6.93. The normalized spacial score (nSPS) is 32.2. The van der Waals surface area contributed by atoms with Crippen molar-refractivity contribution in [3.8, 4) is 0 Å². The van der Waals surface area contributed by atoms with Crippen LogP contribution in [0.15, 0.2) is 30.3 Å². The van der Waals surface area contributed by atoms with Crippen molar-refractivity contribution in [3.63, 3.8) is 0 Å². The van der Waals surface area contributed by atoms with Gasteiger partial charge >= 0.3 is 6.09 Å². The number of nitrogens with zero attached hydrogens (tertiary/aromatic N) is 1. The van der Waals surface area contributed by atoms with E-state index >= 15 is 0 Å². The number of hydrogen-bond acceptors (Lipinski definition) is 3. The van der Waals surface area contributed by atoms with Gasteiger partial charge in [0, 0.05) is 19.0 Å². The number of halogens is 1. The molecule has 1 aliphatic heterocycles. The van der Waals surface area contributed by atoms with Crippen LogP contribution in [0.5, 0.6) is 0 Å². The predicted octanol–water partition coefficient (Wildman–Crippen LogP) is 1.97. The van der Waals surface area contributed by atoms with E-state index in [1.807, 2.05) is 30.3 Å². The average Bonchev–Trinajstić information content (AvgIpc) is 2.98. The summed E-state index contributed by atoms with van der Waals surface area (Å²) in [6, 6.07) is 9.47. The van der Waals surface area contributed by atoms with Crippen molar-refractivity contribution < 1.29 is 19.0 Å². The van der Waals surface area contributed by atoms with Gasteiger partial charge in [0.2, 0.25) is 0 Å². The van der Waals surface area contributed by atoms with E-state index in [1.54, 1.807) is 4.90 Å². The summed E-state index contributed by atoms with van der Waals surface area (Å²) < 4.78 is 18.6. The zero-order valence-corrected chi connectivity index (χ0v) is 11.1. The van der Waals surface area contributed by atoms with Gasteiger partial charge in [-0.05, 0) is 17.9 Å². The second kappa shape index (κ2) is 5.40. The molecule has 1 saturated carbocycles. The van der Waals surface area contributed by atoms with E-state index in [0.29, 0.717) is 19.5 Å². The minimum atomic E-state index is -1.15. The Balaban J connectivity index is 1.53. The number of likely N-dealkylation sites (tertiary alicyclic amines) is 1. The molecule has 1 aromatic carbocycles. The molecule has 1 heterocycles. The van der Waals surface area contributed by atoms with E-state index in [4.69, 9.17) is 4.74 Å². The summed E-state index contributed by atoms with van der Waals surface area (Å²) >= 11 is 0. The number of alkyl halides is 1. The molecule has 1 amide bonds. The Kier molecular flexibility index (Phi) is 3.61. The molecule has 1 aromatic rings. The minimum absolute atomic E-state index is 0.0595. The smallest absolute Gasteiger partial charge is 0.410 e. The maximum absolute atomic E-state index is 13.4. The number of rotatable bonds is 2. The maximum Gasteiger partial charge on any atom is 0.410 e. The summed E-state index contributed by atoms with van der Waals surface area (Å²) in [5, 5.41) is 9.72. The van der Waals surface area contributed by atoms with Crippen molar-refractivity contribution >= 4 is 6.09 Å². The van der Waals surface area contributed by atoms with Crippen molar-refractivity contribution in [2.75, 3.05) is 13.1 Å². The summed E-state index contributed by atoms with van der Waals surface area (Å²) in [5.74, 6) is -0.0847. The molecule has 4 unspecified atom stereocenters. The van der Waals surface area contributed by atoms with Crippen molar-refractivity contribution in [3.05, 3.63) is 35.9 Å². The van der Waals surface area contributed by atoms with Gasteiger partial charge in [-0.15, -0.1) is 0 Å². The Labute approximate surface area is 117 Å². The zero-order valence-electron chi connectivity index (χ0n) is 11.1. The fourth-order valence-electron chi connectivity index (χ4n) is 3.19. The lowest BCUT2D eigenvalue weighted by molar-refractivity contribution is 0.0588. The van der Waals surface area contributed by atoms with Gasteiger partial charge in [0.05, 0.1) is 6.10 Å². The van der Waals surface area contributed by atoms with Gasteiger partial charge in [0.15, 0.2) is 0 Å². The molecule has 5 heteroatoms. The molecular weight excluding hydrogens is 261 g/mol. The van der Waals surface area contributed by atoms with Crippen LogP contribution in [0.3, 0.4) is 0 Å². The van der Waals surface area contributed by atoms with E-state index in [9.17, 15) is 14.3 Å². The molecule has 1 N–H and O–H groups in total. The molecule has 2 aliphatic rings. The molecule has 0 bridgehead atoms. The molecule has 4 atom stereocenters. The molecular formula is C15H18FNO3. The van der Waals surface area contributed by atoms with Crippen molar-refractivity contribution in [2.24, 2.45) is 11.8 Å². The Morgan fingerprint density at radius 1 is 1.35 bits per heavy atom. The number of aliphatic hydroxyl groups excluding tert-OH is 1. The van der Waals surface area contributed by atoms with Gasteiger partial charge in [-0.2, -0.15) is 0 Å². The number of carbonyl (C=O) groups excluding carboxylic acids is 1. The Morgan fingerprint density at radius 2 is 2.10 bits per heavy atom. The van der Waals surface area contributed by atoms with Crippen LogP contribution in [0.25, 0.3) is 0 Å². The number of amides is 1. The fourth-order valence-corrected chi connectivity index (χ4v) is 3.19. The highest BCUT2D eigenvalue weighted by Gasteiger charge is 2.49. The first-order valence-electron chi connectivity index (χ1n) is 6.93. The molecule has 0 spiro atoms. The second-order valence-corrected chi connectivity index (χ2v) is 5.61. The highest BCUT2D eigenvalue weighted by atomic mass is 19.1. The van der Waals surface area contributed by atoms with E-state index in [-0.39, 0.29) is 24.5 Å². The number of ether oxygens (including phenoxy) is 1. The third-order valence-electron chi connectivity index (χ3n) is 4.29. The SMILES string of the molecule is O=C(OCc1ccccc1)N1CC2CC(F)C(O)C2C1. The number of fused-ring (bicyclic) bond motifs is 1. The Bertz CT molecular complexity index is 481. The monoisotopic (exact) mass is 279 g/mol. The molecule has 108 valence electrons. The number of hydrogen-bond donors (Lipinski definition) is 1. The summed E-state index contributed by atoms with van der Waals surface area (Å²) in [6.45, 7) is 1.11. The predicted molar refractivity (Wildman–Crippen MR) is 70.7 cm³/mol. The van der Waals surface area contributed by atoms with Crippen molar-refractivity contribution in [1.82, 2.24) is 4.90 Å². The molecule has 3 rings (SSSR count). The molecule has 4 nitrogen and oxygen atoms in total. The van der Waals surface area contributed by atoms with Gasteiger partial charge in [0.25, 0.3) is 0 Å². The van der Waals surface area contributed by atoms with Gasteiger partial charge in [0.1, 0.15) is 12.8 Å². The van der Waals surface area contributed by atoms with Crippen LogP contribution in [0, 0.1) is 11.8 Å². The molecule has 20 heavy (non-hydrogen) atoms. The lowest BCUT2D eigenvalue weighted by Crippen LogP contribution is -2.33. The van der Waals surface area contributed by atoms with Crippen molar-refractivity contribution in [2.45, 2.75) is 25.3 Å². The lowest BCUT2D eigenvalue weighted by atomic mass is 10.00. The minimum Gasteiger partial charge on any atom is -0.445 e. The highest BCUT2D eigenvalue weighted by molar-refractivity contribution is 5.68. The first kappa shape index (κ1) is 13.4. The number of carbonyl (C=O) groups is 1. The summed E-state index contributed by atoms with van der Waals surface area (Å²) in [4.78, 5) is 13.5. The first-order chi connectivity index (χ1) is 9.65. The summed E-state index contributed by atoms with van der Waals surface area (Å²) in [6.07, 6.45) is -2.13. The standard InChI is InChI=1S/C15H18FNO3/c16-13-6-11-7-17(8-12(11)14(13)18)15(19)20-9-10-4-2-1-3-5-10/h1-5,11-14,18H,6-9H2. The van der Waals surface area contributed by atoms with Crippen LogP contribution in [-0.4, -0.2) is 41.5 Å². The van der Waals surface area contributed by atoms with Gasteiger partial charge in [-0.3, -0.25) is 0 Å². The highest BCUT2D eigenvalue weighted by Crippen LogP contribution is 2.39. The van der Waals surface area contributed by atoms with Crippen LogP contribution in [0.4, 0.5) is 9.18 Å². The Morgan fingerprint density at radius 3 is 2.80 bits per heavy atom. The third kappa shape index (κ3) is 2.50. The molecule has 2 fully saturated rings. The molecule has 1 saturated heterocycles. The number of benzene rings is 1. The van der Waals surface area contributed by atoms with Crippen LogP contribution in [-0.2, 0) is 11.3 Å². The second-order valence-electron chi connectivity index (χ2n) is 5.61. The van der Waals surface area contributed by atoms with E-state index in [0.717, 1.165) is 5.56 Å². The third-order valence-corrected chi connectivity index (χ3v) is 4.29. The molecule has 1 aliphatic carbocycles. The number of aliphatic hydroxyl groups is 1. The van der Waals surface area contributed by atoms with E-state index < -0.39 is 12.3 Å². The average molecular weight is 279 g/mol. The van der Waals surface area contributed by atoms with Gasteiger partial charge in [-0.1, -0.05) is 30.3 Å². The Hall–Kier alpha value is -1.62. The van der Waals surface area contributed by atoms with E-state index in [1.165, 1.54) is 0 Å². The summed E-state index contributed by atoms with van der Waals surface area (Å²) in [5.41, 5.74) is 0.934. The largest absolute Gasteiger partial charge is 0.445 e. The van der Waals surface area contributed by atoms with Crippen LogP contribution >= 0.6 is 0 Å². The topological polar surface area (TPSA) is 49.8 Å². The quantitative estimate of drug-likeness (QED) is 0.900. The zero-order chi connectivity index (χ0) is 14.1. The summed E-state index contributed by atoms with van der Waals surface area (Å²) in [7, 11) is 0. The maximum atomic E-state index is 13.4. The van der Waals surface area contributed by atoms with Crippen LogP contribution in [0.2, 0.25) is 0 Å². The fraction of sp³-hybridized carbons (Fsp3) is 0.533. The van der Waals surface area contributed by atoms with Crippen molar-refractivity contribution in [1.29, 1.82) is 0 Å². The lowest BCUT2D eigenvalue weighted by Gasteiger charge is -2.19.